The van der Waals surface area contributed by atoms with E-state index in [9.17, 15) is 17.6 Å². The fraction of sp³-hybridized carbons (Fsp3) is 0.500. The lowest BCUT2D eigenvalue weighted by atomic mass is 10.2. The van der Waals surface area contributed by atoms with Gasteiger partial charge < -0.3 is 10.6 Å². The molecule has 1 atom stereocenters. The van der Waals surface area contributed by atoms with Crippen molar-refractivity contribution in [3.63, 3.8) is 0 Å². The van der Waals surface area contributed by atoms with Crippen LogP contribution in [0.4, 0.5) is 4.39 Å². The van der Waals surface area contributed by atoms with Crippen molar-refractivity contribution in [3.05, 3.63) is 30.1 Å². The molecular formula is C14H21ClFN3O3S. The van der Waals surface area contributed by atoms with Gasteiger partial charge in [0.1, 0.15) is 10.7 Å². The smallest absolute Gasteiger partial charge is 0.243 e. The third-order valence-corrected chi connectivity index (χ3v) is 5.22. The van der Waals surface area contributed by atoms with Crippen LogP contribution in [0.1, 0.15) is 19.3 Å². The average molecular weight is 366 g/mol. The Bertz CT molecular complexity index is 642. The van der Waals surface area contributed by atoms with Crippen LogP contribution in [0.2, 0.25) is 0 Å². The van der Waals surface area contributed by atoms with Crippen LogP contribution in [-0.4, -0.2) is 44.9 Å². The van der Waals surface area contributed by atoms with Crippen LogP contribution in [0.3, 0.4) is 0 Å². The first-order valence-corrected chi connectivity index (χ1v) is 8.68. The van der Waals surface area contributed by atoms with Crippen molar-refractivity contribution in [2.75, 3.05) is 19.6 Å². The summed E-state index contributed by atoms with van der Waals surface area (Å²) in [4.78, 5) is 13.3. The monoisotopic (exact) mass is 365 g/mol. The Morgan fingerprint density at radius 1 is 1.39 bits per heavy atom. The van der Waals surface area contributed by atoms with Crippen LogP contribution in [-0.2, 0) is 14.8 Å². The van der Waals surface area contributed by atoms with E-state index in [1.807, 2.05) is 0 Å². The molecule has 1 fully saturated rings. The predicted molar refractivity (Wildman–Crippen MR) is 87.2 cm³/mol. The minimum absolute atomic E-state index is 0. The van der Waals surface area contributed by atoms with Gasteiger partial charge in [0.05, 0.1) is 0 Å². The molecule has 1 saturated heterocycles. The molecule has 1 heterocycles. The fourth-order valence-corrected chi connectivity index (χ4v) is 3.69. The van der Waals surface area contributed by atoms with Gasteiger partial charge in [0.2, 0.25) is 15.9 Å². The van der Waals surface area contributed by atoms with Crippen molar-refractivity contribution in [1.82, 2.24) is 9.62 Å². The van der Waals surface area contributed by atoms with Crippen LogP contribution in [0.15, 0.2) is 29.2 Å². The molecule has 0 saturated carbocycles. The summed E-state index contributed by atoms with van der Waals surface area (Å²) in [5.74, 6) is -0.951. The number of sulfonamides is 1. The van der Waals surface area contributed by atoms with Gasteiger partial charge in [-0.15, -0.1) is 12.4 Å². The molecule has 0 aliphatic carbocycles. The SMILES string of the molecule is Cl.NCC1CCCN1C(=O)CCNS(=O)(=O)c1ccccc1F. The Hall–Kier alpha value is -1.22. The fourth-order valence-electron chi connectivity index (χ4n) is 2.59. The molecule has 0 spiro atoms. The molecule has 1 aliphatic rings. The minimum Gasteiger partial charge on any atom is -0.338 e. The van der Waals surface area contributed by atoms with E-state index in [1.165, 1.54) is 18.2 Å². The molecule has 6 nitrogen and oxygen atoms in total. The van der Waals surface area contributed by atoms with Gasteiger partial charge in [-0.2, -0.15) is 0 Å². The zero-order valence-electron chi connectivity index (χ0n) is 12.6. The summed E-state index contributed by atoms with van der Waals surface area (Å²) in [5, 5.41) is 0. The van der Waals surface area contributed by atoms with E-state index >= 15 is 0 Å². The summed E-state index contributed by atoms with van der Waals surface area (Å²) < 4.78 is 39.7. The Kier molecular flexibility index (Phi) is 7.40. The highest BCUT2D eigenvalue weighted by Crippen LogP contribution is 2.17. The first-order chi connectivity index (χ1) is 10.5. The average Bonchev–Trinajstić information content (AvgIpc) is 2.95. The maximum Gasteiger partial charge on any atom is 0.243 e. The second kappa shape index (κ2) is 8.58. The second-order valence-corrected chi connectivity index (χ2v) is 6.93. The van der Waals surface area contributed by atoms with Gasteiger partial charge >= 0.3 is 0 Å². The van der Waals surface area contributed by atoms with Crippen LogP contribution < -0.4 is 10.5 Å². The van der Waals surface area contributed by atoms with Crippen molar-refractivity contribution in [3.8, 4) is 0 Å². The van der Waals surface area contributed by atoms with Crippen molar-refractivity contribution in [1.29, 1.82) is 0 Å². The van der Waals surface area contributed by atoms with Crippen LogP contribution in [0.25, 0.3) is 0 Å². The Morgan fingerprint density at radius 2 is 2.09 bits per heavy atom. The third kappa shape index (κ3) is 4.87. The van der Waals surface area contributed by atoms with E-state index in [1.54, 1.807) is 4.90 Å². The number of carbonyl (C=O) groups is 1. The van der Waals surface area contributed by atoms with Gasteiger partial charge in [-0.25, -0.2) is 17.5 Å². The molecule has 9 heteroatoms. The zero-order chi connectivity index (χ0) is 16.2. The maximum absolute atomic E-state index is 13.5. The number of nitrogens with two attached hydrogens (primary N) is 1. The quantitative estimate of drug-likeness (QED) is 0.782. The van der Waals surface area contributed by atoms with Crippen molar-refractivity contribution in [2.45, 2.75) is 30.2 Å². The van der Waals surface area contributed by atoms with E-state index in [2.05, 4.69) is 4.72 Å². The molecule has 2 rings (SSSR count). The Labute approximate surface area is 141 Å². The van der Waals surface area contributed by atoms with Crippen LogP contribution in [0.5, 0.6) is 0 Å². The van der Waals surface area contributed by atoms with Crippen molar-refractivity contribution in [2.24, 2.45) is 5.73 Å². The van der Waals surface area contributed by atoms with Gasteiger partial charge in [0.25, 0.3) is 0 Å². The molecule has 0 aromatic heterocycles. The second-order valence-electron chi connectivity index (χ2n) is 5.20. The first-order valence-electron chi connectivity index (χ1n) is 7.19. The van der Waals surface area contributed by atoms with Gasteiger partial charge in [-0.05, 0) is 25.0 Å². The number of nitrogens with zero attached hydrogens (tertiary/aromatic N) is 1. The largest absolute Gasteiger partial charge is 0.338 e. The summed E-state index contributed by atoms with van der Waals surface area (Å²) in [6.07, 6.45) is 1.82. The lowest BCUT2D eigenvalue weighted by Crippen LogP contribution is -2.41. The number of carbonyl (C=O) groups excluding carboxylic acids is 1. The molecule has 1 amide bonds. The minimum atomic E-state index is -3.95. The van der Waals surface area contributed by atoms with E-state index in [0.717, 1.165) is 18.9 Å². The highest BCUT2D eigenvalue weighted by Gasteiger charge is 2.27. The van der Waals surface area contributed by atoms with Crippen molar-refractivity contribution >= 4 is 28.3 Å². The van der Waals surface area contributed by atoms with Gasteiger partial charge in [-0.1, -0.05) is 12.1 Å². The normalized spacial score (nSPS) is 17.8. The molecule has 3 N–H and O–H groups in total. The standard InChI is InChI=1S/C14H20FN3O3S.ClH/c15-12-5-1-2-6-13(12)22(20,21)17-8-7-14(19)18-9-3-4-11(18)10-16;/h1-2,5-6,11,17H,3-4,7-10,16H2;1H. The topological polar surface area (TPSA) is 92.5 Å². The molecular weight excluding hydrogens is 345 g/mol. The number of nitrogens with one attached hydrogen (secondary N) is 1. The van der Waals surface area contributed by atoms with E-state index in [-0.39, 0.29) is 37.3 Å². The summed E-state index contributed by atoms with van der Waals surface area (Å²) in [6.45, 7) is 0.997. The predicted octanol–water partition coefficient (Wildman–Crippen LogP) is 0.866. The molecule has 0 bridgehead atoms. The number of benzene rings is 1. The van der Waals surface area contributed by atoms with Crippen LogP contribution >= 0.6 is 12.4 Å². The van der Waals surface area contributed by atoms with Gasteiger partial charge in [0.15, 0.2) is 0 Å². The molecule has 1 unspecified atom stereocenters. The van der Waals surface area contributed by atoms with E-state index in [4.69, 9.17) is 5.73 Å². The lowest BCUT2D eigenvalue weighted by molar-refractivity contribution is -0.131. The van der Waals surface area contributed by atoms with Crippen LogP contribution in [0, 0.1) is 5.82 Å². The highest BCUT2D eigenvalue weighted by atomic mass is 35.5. The van der Waals surface area contributed by atoms with Gasteiger partial charge in [-0.3, -0.25) is 4.79 Å². The molecule has 1 aromatic carbocycles. The summed E-state index contributed by atoms with van der Waals surface area (Å²) in [7, 11) is -3.95. The first kappa shape index (κ1) is 19.8. The summed E-state index contributed by atoms with van der Waals surface area (Å²) >= 11 is 0. The summed E-state index contributed by atoms with van der Waals surface area (Å²) in [6, 6.07) is 5.16. The number of hydrogen-bond donors (Lipinski definition) is 2. The number of amides is 1. The lowest BCUT2D eigenvalue weighted by Gasteiger charge is -2.23. The van der Waals surface area contributed by atoms with Gasteiger partial charge in [0, 0.05) is 32.1 Å². The van der Waals surface area contributed by atoms with E-state index < -0.39 is 20.7 Å². The third-order valence-electron chi connectivity index (χ3n) is 3.73. The summed E-state index contributed by atoms with van der Waals surface area (Å²) in [5.41, 5.74) is 5.61. The molecule has 130 valence electrons. The number of hydrogen-bond acceptors (Lipinski definition) is 4. The number of halogens is 2. The highest BCUT2D eigenvalue weighted by molar-refractivity contribution is 7.89. The zero-order valence-corrected chi connectivity index (χ0v) is 14.2. The van der Waals surface area contributed by atoms with Crippen molar-refractivity contribution < 1.29 is 17.6 Å². The number of likely N-dealkylation sites (tertiary alicyclic amines) is 1. The molecule has 1 aromatic rings. The Balaban J connectivity index is 0.00000264. The molecule has 23 heavy (non-hydrogen) atoms. The molecule has 1 aliphatic heterocycles. The Morgan fingerprint density at radius 3 is 2.74 bits per heavy atom. The van der Waals surface area contributed by atoms with E-state index in [0.29, 0.717) is 13.1 Å². The maximum atomic E-state index is 13.5. The number of rotatable bonds is 6. The molecule has 0 radical (unpaired) electrons.